The molecule has 0 aliphatic carbocycles. The van der Waals surface area contributed by atoms with Crippen molar-refractivity contribution in [2.75, 3.05) is 13.1 Å². The Morgan fingerprint density at radius 2 is 1.82 bits per heavy atom. The summed E-state index contributed by atoms with van der Waals surface area (Å²) in [7, 11) is 0. The van der Waals surface area contributed by atoms with E-state index in [-0.39, 0.29) is 23.6 Å². The molecule has 0 saturated carbocycles. The van der Waals surface area contributed by atoms with Gasteiger partial charge in [-0.05, 0) is 50.5 Å². The highest BCUT2D eigenvalue weighted by Crippen LogP contribution is 2.29. The lowest BCUT2D eigenvalue weighted by atomic mass is 9.96. The van der Waals surface area contributed by atoms with E-state index in [2.05, 4.69) is 0 Å². The van der Waals surface area contributed by atoms with E-state index in [9.17, 15) is 9.59 Å². The number of rotatable bonds is 3. The summed E-state index contributed by atoms with van der Waals surface area (Å²) in [5.74, 6) is -0.404. The Balaban J connectivity index is 1.48. The van der Waals surface area contributed by atoms with Crippen molar-refractivity contribution >= 4 is 28.6 Å². The van der Waals surface area contributed by atoms with Gasteiger partial charge in [0.05, 0.1) is 11.4 Å². The molecule has 28 heavy (non-hydrogen) atoms. The predicted octanol–water partition coefficient (Wildman–Crippen LogP) is 4.52. The molecule has 6 heteroatoms. The molecule has 1 aliphatic heterocycles. The molecule has 2 heterocycles. The van der Waals surface area contributed by atoms with E-state index in [0.717, 1.165) is 11.1 Å². The second-order valence-corrected chi connectivity index (χ2v) is 7.98. The highest BCUT2D eigenvalue weighted by atomic mass is 35.5. The highest BCUT2D eigenvalue weighted by Gasteiger charge is 2.29. The average molecular weight is 399 g/mol. The number of amides is 1. The number of hydrogen-bond acceptors (Lipinski definition) is 3. The normalized spacial score (nSPS) is 16.5. The third kappa shape index (κ3) is 3.47. The Kier molecular flexibility index (Phi) is 5.02. The van der Waals surface area contributed by atoms with Crippen LogP contribution in [0.4, 0.5) is 0 Å². The smallest absolute Gasteiger partial charge is 0.408 e. The van der Waals surface area contributed by atoms with Crippen molar-refractivity contribution in [3.63, 3.8) is 0 Å². The van der Waals surface area contributed by atoms with Crippen molar-refractivity contribution in [1.29, 1.82) is 0 Å². The zero-order valence-corrected chi connectivity index (χ0v) is 16.8. The van der Waals surface area contributed by atoms with E-state index < -0.39 is 0 Å². The zero-order chi connectivity index (χ0) is 19.8. The number of halogens is 1. The Morgan fingerprint density at radius 3 is 2.50 bits per heavy atom. The Labute approximate surface area is 168 Å². The molecule has 1 saturated heterocycles. The maximum Gasteiger partial charge on any atom is 0.420 e. The van der Waals surface area contributed by atoms with Crippen LogP contribution in [0.5, 0.6) is 0 Å². The SMILES string of the molecule is Cc1ccc([C@@H](C)C(=O)N2CCC(n3c(=O)oc4ccc(Cl)cc43)CC2)cc1. The fourth-order valence-corrected chi connectivity index (χ4v) is 4.13. The molecule has 1 fully saturated rings. The quantitative estimate of drug-likeness (QED) is 0.651. The second-order valence-electron chi connectivity index (χ2n) is 7.54. The van der Waals surface area contributed by atoms with Gasteiger partial charge in [-0.15, -0.1) is 0 Å². The minimum Gasteiger partial charge on any atom is -0.408 e. The fourth-order valence-electron chi connectivity index (χ4n) is 3.97. The molecule has 0 N–H and O–H groups in total. The van der Waals surface area contributed by atoms with Crippen LogP contribution in [0.3, 0.4) is 0 Å². The lowest BCUT2D eigenvalue weighted by molar-refractivity contribution is -0.133. The molecule has 2 aromatic carbocycles. The van der Waals surface area contributed by atoms with E-state index in [4.69, 9.17) is 16.0 Å². The van der Waals surface area contributed by atoms with Gasteiger partial charge in [-0.1, -0.05) is 41.4 Å². The van der Waals surface area contributed by atoms with Gasteiger partial charge in [0.25, 0.3) is 0 Å². The van der Waals surface area contributed by atoms with Crippen LogP contribution in [0.2, 0.25) is 5.02 Å². The van der Waals surface area contributed by atoms with Crippen molar-refractivity contribution in [3.8, 4) is 0 Å². The Hall–Kier alpha value is -2.53. The topological polar surface area (TPSA) is 55.5 Å². The number of carbonyl (C=O) groups is 1. The largest absolute Gasteiger partial charge is 0.420 e. The van der Waals surface area contributed by atoms with Crippen LogP contribution in [0.25, 0.3) is 11.1 Å². The van der Waals surface area contributed by atoms with Gasteiger partial charge >= 0.3 is 5.76 Å². The van der Waals surface area contributed by atoms with Gasteiger partial charge in [-0.25, -0.2) is 4.79 Å². The summed E-state index contributed by atoms with van der Waals surface area (Å²) < 4.78 is 7.04. The maximum absolute atomic E-state index is 12.9. The molecule has 0 bridgehead atoms. The first kappa shape index (κ1) is 18.8. The summed E-state index contributed by atoms with van der Waals surface area (Å²) in [6, 6.07) is 13.3. The fraction of sp³-hybridized carbons (Fsp3) is 0.364. The lowest BCUT2D eigenvalue weighted by Gasteiger charge is -2.34. The summed E-state index contributed by atoms with van der Waals surface area (Å²) in [6.07, 6.45) is 1.43. The van der Waals surface area contributed by atoms with Crippen LogP contribution in [-0.2, 0) is 4.79 Å². The number of aryl methyl sites for hydroxylation is 1. The van der Waals surface area contributed by atoms with E-state index in [1.54, 1.807) is 22.8 Å². The summed E-state index contributed by atoms with van der Waals surface area (Å²) in [4.78, 5) is 27.2. The summed E-state index contributed by atoms with van der Waals surface area (Å²) in [6.45, 7) is 5.24. The van der Waals surface area contributed by atoms with Gasteiger partial charge in [0.1, 0.15) is 0 Å². The number of benzene rings is 2. The Bertz CT molecular complexity index is 1060. The van der Waals surface area contributed by atoms with E-state index >= 15 is 0 Å². The first-order valence-electron chi connectivity index (χ1n) is 9.60. The molecular weight excluding hydrogens is 376 g/mol. The minimum atomic E-state index is -0.366. The van der Waals surface area contributed by atoms with Crippen LogP contribution in [-0.4, -0.2) is 28.5 Å². The number of carbonyl (C=O) groups excluding carboxylic acids is 1. The van der Waals surface area contributed by atoms with E-state index in [1.165, 1.54) is 5.56 Å². The minimum absolute atomic E-state index is 0.00551. The molecule has 1 amide bonds. The first-order valence-corrected chi connectivity index (χ1v) is 9.98. The van der Waals surface area contributed by atoms with Crippen LogP contribution < -0.4 is 5.76 Å². The van der Waals surface area contributed by atoms with E-state index in [1.807, 2.05) is 43.0 Å². The van der Waals surface area contributed by atoms with Crippen molar-refractivity contribution in [1.82, 2.24) is 9.47 Å². The van der Waals surface area contributed by atoms with Crippen LogP contribution in [0.15, 0.2) is 51.7 Å². The monoisotopic (exact) mass is 398 g/mol. The molecular formula is C22H23ClN2O3. The summed E-state index contributed by atoms with van der Waals surface area (Å²) >= 11 is 6.10. The van der Waals surface area contributed by atoms with Crippen molar-refractivity contribution in [3.05, 3.63) is 69.2 Å². The third-order valence-corrected chi connectivity index (χ3v) is 5.90. The van der Waals surface area contributed by atoms with Gasteiger partial charge < -0.3 is 9.32 Å². The van der Waals surface area contributed by atoms with Gasteiger partial charge in [0, 0.05) is 24.2 Å². The molecule has 146 valence electrons. The molecule has 3 aromatic rings. The number of likely N-dealkylation sites (tertiary alicyclic amines) is 1. The number of piperidine rings is 1. The van der Waals surface area contributed by atoms with E-state index in [0.29, 0.717) is 36.5 Å². The molecule has 0 unspecified atom stereocenters. The maximum atomic E-state index is 12.9. The average Bonchev–Trinajstić information content (AvgIpc) is 3.02. The number of oxazole rings is 1. The summed E-state index contributed by atoms with van der Waals surface area (Å²) in [5.41, 5.74) is 3.47. The Morgan fingerprint density at radius 1 is 1.14 bits per heavy atom. The van der Waals surface area contributed by atoms with Crippen molar-refractivity contribution in [2.45, 2.75) is 38.6 Å². The van der Waals surface area contributed by atoms with Gasteiger partial charge in [-0.3, -0.25) is 9.36 Å². The van der Waals surface area contributed by atoms with Crippen LogP contribution >= 0.6 is 11.6 Å². The lowest BCUT2D eigenvalue weighted by Crippen LogP contribution is -2.42. The molecule has 5 nitrogen and oxygen atoms in total. The number of nitrogens with zero attached hydrogens (tertiary/aromatic N) is 2. The number of aromatic nitrogens is 1. The number of hydrogen-bond donors (Lipinski definition) is 0. The van der Waals surface area contributed by atoms with Gasteiger partial charge in [0.15, 0.2) is 5.58 Å². The first-order chi connectivity index (χ1) is 13.4. The summed E-state index contributed by atoms with van der Waals surface area (Å²) in [5, 5.41) is 0.571. The molecule has 1 aliphatic rings. The van der Waals surface area contributed by atoms with Crippen LogP contribution in [0, 0.1) is 6.92 Å². The molecule has 4 rings (SSSR count). The van der Waals surface area contributed by atoms with Crippen LogP contribution in [0.1, 0.15) is 42.9 Å². The van der Waals surface area contributed by atoms with Gasteiger partial charge in [0.2, 0.25) is 5.91 Å². The molecule has 1 aromatic heterocycles. The zero-order valence-electron chi connectivity index (χ0n) is 16.0. The second kappa shape index (κ2) is 7.47. The number of fused-ring (bicyclic) bond motifs is 1. The molecule has 0 spiro atoms. The standard InChI is InChI=1S/C22H23ClN2O3/c1-14-3-5-16(6-4-14)15(2)21(26)24-11-9-18(10-12-24)25-19-13-17(23)7-8-20(19)28-22(25)27/h3-8,13,15,18H,9-12H2,1-2H3/t15-/m1/s1. The highest BCUT2D eigenvalue weighted by molar-refractivity contribution is 6.31. The molecule has 1 atom stereocenters. The third-order valence-electron chi connectivity index (χ3n) is 5.66. The van der Waals surface area contributed by atoms with Gasteiger partial charge in [-0.2, -0.15) is 0 Å². The molecule has 0 radical (unpaired) electrons. The van der Waals surface area contributed by atoms with Crippen molar-refractivity contribution < 1.29 is 9.21 Å². The predicted molar refractivity (Wildman–Crippen MR) is 110 cm³/mol. The van der Waals surface area contributed by atoms with Crippen molar-refractivity contribution in [2.24, 2.45) is 0 Å².